The molecule has 3 rings (SSSR count). The second kappa shape index (κ2) is 7.61. The number of esters is 1. The summed E-state index contributed by atoms with van der Waals surface area (Å²) in [7, 11) is 0. The molecule has 0 amide bonds. The number of hydrogen-bond acceptors (Lipinski definition) is 5. The summed E-state index contributed by atoms with van der Waals surface area (Å²) < 4.78 is 23.8. The number of rotatable bonds is 6. The minimum atomic E-state index is -0.659. The normalized spacial score (nSPS) is 21.9. The summed E-state index contributed by atoms with van der Waals surface area (Å²) in [6.45, 7) is 2.83. The van der Waals surface area contributed by atoms with Gasteiger partial charge in [0, 0.05) is 12.7 Å². The van der Waals surface area contributed by atoms with E-state index >= 15 is 0 Å². The number of hydrogen-bond donors (Lipinski definition) is 0. The maximum Gasteiger partial charge on any atom is 0.325 e. The van der Waals surface area contributed by atoms with Gasteiger partial charge in [-0.3, -0.25) is 9.59 Å². The first-order valence-electron chi connectivity index (χ1n) is 8.26. The van der Waals surface area contributed by atoms with E-state index < -0.39 is 6.10 Å². The van der Waals surface area contributed by atoms with Gasteiger partial charge < -0.3 is 14.4 Å². The van der Waals surface area contributed by atoms with Gasteiger partial charge in [0.1, 0.15) is 18.5 Å². The van der Waals surface area contributed by atoms with E-state index in [-0.39, 0.29) is 36.6 Å². The minimum Gasteiger partial charge on any atom is -0.465 e. The number of nitrogens with zero attached hydrogens (tertiary/aromatic N) is 1. The van der Waals surface area contributed by atoms with Crippen LogP contribution in [-0.4, -0.2) is 42.5 Å². The Bertz CT molecular complexity index is 728. The Labute approximate surface area is 145 Å². The minimum absolute atomic E-state index is 0.0449. The smallest absolute Gasteiger partial charge is 0.325 e. The lowest BCUT2D eigenvalue weighted by atomic mass is 9.88. The van der Waals surface area contributed by atoms with Crippen molar-refractivity contribution < 1.29 is 23.5 Å². The third-order valence-corrected chi connectivity index (χ3v) is 4.19. The van der Waals surface area contributed by atoms with E-state index in [2.05, 4.69) is 0 Å². The van der Waals surface area contributed by atoms with Gasteiger partial charge in [-0.15, -0.1) is 0 Å². The van der Waals surface area contributed by atoms with Crippen molar-refractivity contribution in [3.05, 3.63) is 59.6 Å². The molecule has 132 valence electrons. The van der Waals surface area contributed by atoms with Crippen molar-refractivity contribution in [2.45, 2.75) is 19.6 Å². The molecule has 1 aliphatic heterocycles. The summed E-state index contributed by atoms with van der Waals surface area (Å²) in [5.74, 6) is -0.996. The number of fused-ring (bicyclic) bond motifs is 1. The Kier molecular flexibility index (Phi) is 5.28. The summed E-state index contributed by atoms with van der Waals surface area (Å²) in [5, 5.41) is 0. The molecule has 0 radical (unpaired) electrons. The monoisotopic (exact) mass is 345 g/mol. The Morgan fingerprint density at radius 2 is 2.24 bits per heavy atom. The van der Waals surface area contributed by atoms with Crippen LogP contribution < -0.4 is 0 Å². The van der Waals surface area contributed by atoms with Crippen LogP contribution in [0, 0.1) is 11.7 Å². The molecule has 1 heterocycles. The molecule has 5 nitrogen and oxygen atoms in total. The summed E-state index contributed by atoms with van der Waals surface area (Å²) >= 11 is 0. The first-order chi connectivity index (χ1) is 12.1. The average molecular weight is 345 g/mol. The van der Waals surface area contributed by atoms with Gasteiger partial charge in [0.05, 0.1) is 19.1 Å². The second-order valence-electron chi connectivity index (χ2n) is 6.04. The molecule has 0 fully saturated rings. The van der Waals surface area contributed by atoms with E-state index in [1.54, 1.807) is 30.0 Å². The Morgan fingerprint density at radius 3 is 3.00 bits per heavy atom. The Hall–Kier alpha value is -2.47. The number of allylic oxidation sites excluding steroid dienone is 1. The molecule has 0 bridgehead atoms. The summed E-state index contributed by atoms with van der Waals surface area (Å²) in [4.78, 5) is 26.0. The molecule has 25 heavy (non-hydrogen) atoms. The van der Waals surface area contributed by atoms with Crippen LogP contribution in [0.3, 0.4) is 0 Å². The molecule has 1 aromatic carbocycles. The van der Waals surface area contributed by atoms with Crippen molar-refractivity contribution in [2.75, 3.05) is 19.7 Å². The van der Waals surface area contributed by atoms with Crippen LogP contribution >= 0.6 is 0 Å². The number of carbonyl (C=O) groups excluding carboxylic acids is 2. The molecular weight excluding hydrogens is 325 g/mol. The molecule has 0 N–H and O–H groups in total. The number of carbonyl (C=O) groups is 2. The molecule has 2 unspecified atom stereocenters. The number of Topliss-reactive ketones (excluding diaryl/α,β-unsaturated/α-hetero) is 1. The fourth-order valence-corrected chi connectivity index (χ4v) is 3.03. The van der Waals surface area contributed by atoms with Gasteiger partial charge in [0.25, 0.3) is 0 Å². The third kappa shape index (κ3) is 4.14. The van der Waals surface area contributed by atoms with Crippen LogP contribution in [0.15, 0.2) is 48.2 Å². The van der Waals surface area contributed by atoms with E-state index in [4.69, 9.17) is 9.47 Å². The highest BCUT2D eigenvalue weighted by Gasteiger charge is 2.36. The van der Waals surface area contributed by atoms with Crippen molar-refractivity contribution in [2.24, 2.45) is 5.92 Å². The fraction of sp³-hybridized carbons (Fsp3) is 0.368. The van der Waals surface area contributed by atoms with Gasteiger partial charge in [0.15, 0.2) is 5.78 Å². The van der Waals surface area contributed by atoms with Crippen LogP contribution in [0.4, 0.5) is 4.39 Å². The molecule has 0 saturated heterocycles. The number of ketones is 1. The van der Waals surface area contributed by atoms with Gasteiger partial charge in [-0.25, -0.2) is 4.39 Å². The lowest BCUT2D eigenvalue weighted by Crippen LogP contribution is -2.36. The maximum absolute atomic E-state index is 13.2. The molecule has 6 heteroatoms. The van der Waals surface area contributed by atoms with Gasteiger partial charge >= 0.3 is 5.97 Å². The zero-order valence-corrected chi connectivity index (χ0v) is 14.0. The van der Waals surface area contributed by atoms with E-state index in [1.165, 1.54) is 12.1 Å². The topological polar surface area (TPSA) is 55.8 Å². The van der Waals surface area contributed by atoms with Crippen LogP contribution in [-0.2, 0) is 25.7 Å². The quantitative estimate of drug-likeness (QED) is 0.740. The number of ether oxygens (including phenoxy) is 2. The standard InChI is InChI=1S/C19H20FNO4/c1-2-24-18(22)11-21-9-14-6-7-17(19(23)16(14)10-21)25-12-13-4-3-5-15(20)8-13/h3-9,16-17H,2,10-12H2,1H3. The van der Waals surface area contributed by atoms with Crippen molar-refractivity contribution in [3.8, 4) is 0 Å². The maximum atomic E-state index is 13.2. The van der Waals surface area contributed by atoms with E-state index in [1.807, 2.05) is 12.3 Å². The molecule has 1 aromatic rings. The van der Waals surface area contributed by atoms with Crippen LogP contribution in [0.2, 0.25) is 0 Å². The molecule has 0 saturated carbocycles. The zero-order valence-electron chi connectivity index (χ0n) is 14.0. The fourth-order valence-electron chi connectivity index (χ4n) is 3.03. The summed E-state index contributed by atoms with van der Waals surface area (Å²) in [6.07, 6.45) is 4.72. The molecule has 0 spiro atoms. The van der Waals surface area contributed by atoms with E-state index in [9.17, 15) is 14.0 Å². The summed E-state index contributed by atoms with van der Waals surface area (Å²) in [6, 6.07) is 6.11. The van der Waals surface area contributed by atoms with Crippen LogP contribution in [0.1, 0.15) is 12.5 Å². The van der Waals surface area contributed by atoms with E-state index in [0.29, 0.717) is 18.7 Å². The Balaban J connectivity index is 1.58. The van der Waals surface area contributed by atoms with Crippen molar-refractivity contribution in [1.82, 2.24) is 4.90 Å². The largest absolute Gasteiger partial charge is 0.465 e. The lowest BCUT2D eigenvalue weighted by molar-refractivity contribution is -0.144. The molecule has 1 aliphatic carbocycles. The van der Waals surface area contributed by atoms with Crippen LogP contribution in [0.25, 0.3) is 0 Å². The lowest BCUT2D eigenvalue weighted by Gasteiger charge is -2.23. The Morgan fingerprint density at radius 1 is 1.40 bits per heavy atom. The first kappa shape index (κ1) is 17.4. The number of benzene rings is 1. The third-order valence-electron chi connectivity index (χ3n) is 4.19. The molecule has 0 aromatic heterocycles. The van der Waals surface area contributed by atoms with Gasteiger partial charge in [-0.05, 0) is 36.3 Å². The predicted octanol–water partition coefficient (Wildman–Crippen LogP) is 2.23. The average Bonchev–Trinajstić information content (AvgIpc) is 2.98. The molecule has 2 aliphatic rings. The predicted molar refractivity (Wildman–Crippen MR) is 88.9 cm³/mol. The highest BCUT2D eigenvalue weighted by atomic mass is 19.1. The molecule has 2 atom stereocenters. The van der Waals surface area contributed by atoms with Crippen LogP contribution in [0.5, 0.6) is 0 Å². The van der Waals surface area contributed by atoms with Crippen molar-refractivity contribution in [3.63, 3.8) is 0 Å². The van der Waals surface area contributed by atoms with Crippen molar-refractivity contribution in [1.29, 1.82) is 0 Å². The number of halogens is 1. The van der Waals surface area contributed by atoms with Gasteiger partial charge in [0.2, 0.25) is 0 Å². The SMILES string of the molecule is CCOC(=O)CN1C=C2C=CC(OCc3cccc(F)c3)C(=O)C2C1. The zero-order chi connectivity index (χ0) is 17.8. The second-order valence-corrected chi connectivity index (χ2v) is 6.04. The van der Waals surface area contributed by atoms with Crippen molar-refractivity contribution >= 4 is 11.8 Å². The first-order valence-corrected chi connectivity index (χ1v) is 8.26. The molecular formula is C19H20FNO4. The van der Waals surface area contributed by atoms with Gasteiger partial charge in [-0.1, -0.05) is 18.2 Å². The highest BCUT2D eigenvalue weighted by molar-refractivity contribution is 5.92. The van der Waals surface area contributed by atoms with E-state index in [0.717, 1.165) is 5.57 Å². The van der Waals surface area contributed by atoms with Gasteiger partial charge in [-0.2, -0.15) is 0 Å². The highest BCUT2D eigenvalue weighted by Crippen LogP contribution is 2.29. The summed E-state index contributed by atoms with van der Waals surface area (Å²) in [5.41, 5.74) is 1.55.